The molecule has 0 spiro atoms. The lowest BCUT2D eigenvalue weighted by molar-refractivity contribution is 0.413. The van der Waals surface area contributed by atoms with Crippen LogP contribution in [0.2, 0.25) is 5.02 Å². The molecule has 0 aliphatic rings. The van der Waals surface area contributed by atoms with Crippen LogP contribution in [0.15, 0.2) is 28.8 Å². The van der Waals surface area contributed by atoms with Crippen molar-refractivity contribution >= 4 is 17.6 Å². The number of anilines is 1. The number of benzene rings is 1. The highest BCUT2D eigenvalue weighted by Crippen LogP contribution is 2.16. The number of nitrogens with zero attached hydrogens (tertiary/aromatic N) is 2. The first kappa shape index (κ1) is 12.9. The van der Waals surface area contributed by atoms with E-state index in [1.807, 2.05) is 45.0 Å². The molecule has 0 atom stereocenters. The van der Waals surface area contributed by atoms with Crippen LogP contribution in [-0.2, 0) is 6.42 Å². The first-order valence-electron chi connectivity index (χ1n) is 5.77. The maximum absolute atomic E-state index is 5.93. The van der Waals surface area contributed by atoms with Gasteiger partial charge in [0.05, 0.1) is 0 Å². The van der Waals surface area contributed by atoms with E-state index in [4.69, 9.17) is 16.1 Å². The Kier molecular flexibility index (Phi) is 3.57. The minimum atomic E-state index is -0.0974. The summed E-state index contributed by atoms with van der Waals surface area (Å²) in [7, 11) is 0. The van der Waals surface area contributed by atoms with Gasteiger partial charge in [-0.3, -0.25) is 0 Å². The van der Waals surface area contributed by atoms with Crippen molar-refractivity contribution < 1.29 is 4.52 Å². The molecule has 0 saturated carbocycles. The lowest BCUT2D eigenvalue weighted by Gasteiger charge is -2.17. The van der Waals surface area contributed by atoms with E-state index in [-0.39, 0.29) is 5.54 Å². The van der Waals surface area contributed by atoms with Gasteiger partial charge in [-0.05, 0) is 38.5 Å². The SMILES string of the molecule is CC(C)(C)Nc1nc(Cc2cccc(Cl)c2)no1. The zero-order valence-electron chi connectivity index (χ0n) is 10.7. The average Bonchev–Trinajstić information content (AvgIpc) is 2.62. The van der Waals surface area contributed by atoms with Gasteiger partial charge in [0.15, 0.2) is 5.82 Å². The number of aromatic nitrogens is 2. The van der Waals surface area contributed by atoms with Gasteiger partial charge in [-0.2, -0.15) is 4.98 Å². The Hall–Kier alpha value is -1.55. The van der Waals surface area contributed by atoms with Crippen LogP contribution < -0.4 is 5.32 Å². The van der Waals surface area contributed by atoms with Gasteiger partial charge in [0.25, 0.3) is 0 Å². The highest BCUT2D eigenvalue weighted by molar-refractivity contribution is 6.30. The predicted molar refractivity (Wildman–Crippen MR) is 71.9 cm³/mol. The molecule has 18 heavy (non-hydrogen) atoms. The molecule has 1 aromatic heterocycles. The van der Waals surface area contributed by atoms with E-state index < -0.39 is 0 Å². The zero-order valence-corrected chi connectivity index (χ0v) is 11.5. The average molecular weight is 266 g/mol. The van der Waals surface area contributed by atoms with Crippen LogP contribution in [0.5, 0.6) is 0 Å². The van der Waals surface area contributed by atoms with E-state index in [0.717, 1.165) is 5.56 Å². The number of nitrogens with one attached hydrogen (secondary N) is 1. The Morgan fingerprint density at radius 3 is 2.78 bits per heavy atom. The van der Waals surface area contributed by atoms with Crippen molar-refractivity contribution in [3.63, 3.8) is 0 Å². The van der Waals surface area contributed by atoms with Gasteiger partial charge in [-0.1, -0.05) is 28.9 Å². The van der Waals surface area contributed by atoms with Crippen molar-refractivity contribution in [2.45, 2.75) is 32.7 Å². The molecule has 5 heteroatoms. The number of halogens is 1. The first-order chi connectivity index (χ1) is 8.42. The Bertz CT molecular complexity index is 531. The second-order valence-electron chi connectivity index (χ2n) is 5.20. The summed E-state index contributed by atoms with van der Waals surface area (Å²) in [6, 6.07) is 8.08. The van der Waals surface area contributed by atoms with Gasteiger partial charge in [0, 0.05) is 17.0 Å². The number of hydrogen-bond acceptors (Lipinski definition) is 4. The van der Waals surface area contributed by atoms with Gasteiger partial charge < -0.3 is 9.84 Å². The van der Waals surface area contributed by atoms with Gasteiger partial charge in [-0.15, -0.1) is 0 Å². The standard InChI is InChI=1S/C13H16ClN3O/c1-13(2,3)16-12-15-11(17-18-12)8-9-5-4-6-10(14)7-9/h4-7H,8H2,1-3H3,(H,15,16,17). The highest BCUT2D eigenvalue weighted by Gasteiger charge is 2.14. The Balaban J connectivity index is 2.07. The van der Waals surface area contributed by atoms with Crippen LogP contribution in [0.3, 0.4) is 0 Å². The zero-order chi connectivity index (χ0) is 13.2. The van der Waals surface area contributed by atoms with Crippen LogP contribution in [0.4, 0.5) is 6.01 Å². The summed E-state index contributed by atoms with van der Waals surface area (Å²) in [6.07, 6.45) is 0.607. The molecule has 1 aromatic carbocycles. The topological polar surface area (TPSA) is 51.0 Å². The first-order valence-corrected chi connectivity index (χ1v) is 6.15. The smallest absolute Gasteiger partial charge is 0.321 e. The van der Waals surface area contributed by atoms with Crippen molar-refractivity contribution in [3.8, 4) is 0 Å². The minimum Gasteiger partial charge on any atom is -0.333 e. The maximum Gasteiger partial charge on any atom is 0.321 e. The molecule has 0 amide bonds. The number of hydrogen-bond donors (Lipinski definition) is 1. The molecule has 0 bridgehead atoms. The predicted octanol–water partition coefficient (Wildman–Crippen LogP) is 3.52. The van der Waals surface area contributed by atoms with E-state index in [9.17, 15) is 0 Å². The van der Waals surface area contributed by atoms with E-state index >= 15 is 0 Å². The summed E-state index contributed by atoms with van der Waals surface area (Å²) >= 11 is 5.93. The van der Waals surface area contributed by atoms with Gasteiger partial charge in [0.1, 0.15) is 0 Å². The van der Waals surface area contributed by atoms with Crippen LogP contribution in [0.1, 0.15) is 32.2 Å². The summed E-state index contributed by atoms with van der Waals surface area (Å²) in [5.74, 6) is 0.643. The van der Waals surface area contributed by atoms with E-state index in [1.165, 1.54) is 0 Å². The van der Waals surface area contributed by atoms with Crippen LogP contribution in [-0.4, -0.2) is 15.7 Å². The molecule has 0 aliphatic heterocycles. The molecule has 0 aliphatic carbocycles. The lowest BCUT2D eigenvalue weighted by atomic mass is 10.1. The molecule has 0 saturated heterocycles. The molecule has 0 fully saturated rings. The van der Waals surface area contributed by atoms with Gasteiger partial charge >= 0.3 is 6.01 Å². The molecule has 4 nitrogen and oxygen atoms in total. The highest BCUT2D eigenvalue weighted by atomic mass is 35.5. The molecular formula is C13H16ClN3O. The van der Waals surface area contributed by atoms with Crippen molar-refractivity contribution in [1.82, 2.24) is 10.1 Å². The molecule has 2 rings (SSSR count). The van der Waals surface area contributed by atoms with E-state index in [0.29, 0.717) is 23.3 Å². The Morgan fingerprint density at radius 1 is 1.33 bits per heavy atom. The van der Waals surface area contributed by atoms with Crippen molar-refractivity contribution in [2.24, 2.45) is 0 Å². The summed E-state index contributed by atoms with van der Waals surface area (Å²) in [5, 5.41) is 7.78. The molecule has 1 N–H and O–H groups in total. The third kappa shape index (κ3) is 3.74. The second-order valence-corrected chi connectivity index (χ2v) is 5.63. The normalized spacial score (nSPS) is 11.6. The lowest BCUT2D eigenvalue weighted by Crippen LogP contribution is -2.26. The van der Waals surface area contributed by atoms with E-state index in [2.05, 4.69) is 15.5 Å². The summed E-state index contributed by atoms with van der Waals surface area (Å²) in [5.41, 5.74) is 0.963. The third-order valence-corrected chi connectivity index (χ3v) is 2.44. The maximum atomic E-state index is 5.93. The minimum absolute atomic E-state index is 0.0974. The van der Waals surface area contributed by atoms with Crippen LogP contribution in [0, 0.1) is 0 Å². The molecule has 2 aromatic rings. The van der Waals surface area contributed by atoms with Gasteiger partial charge in [0.2, 0.25) is 0 Å². The van der Waals surface area contributed by atoms with Crippen LogP contribution >= 0.6 is 11.6 Å². The Labute approximate surface area is 111 Å². The Morgan fingerprint density at radius 2 is 2.11 bits per heavy atom. The molecule has 96 valence electrons. The molecule has 0 unspecified atom stereocenters. The fourth-order valence-corrected chi connectivity index (χ4v) is 1.74. The monoisotopic (exact) mass is 265 g/mol. The van der Waals surface area contributed by atoms with E-state index in [1.54, 1.807) is 0 Å². The third-order valence-electron chi connectivity index (χ3n) is 2.20. The van der Waals surface area contributed by atoms with Crippen molar-refractivity contribution in [3.05, 3.63) is 40.7 Å². The number of rotatable bonds is 3. The largest absolute Gasteiger partial charge is 0.333 e. The second kappa shape index (κ2) is 4.98. The fraction of sp³-hybridized carbons (Fsp3) is 0.385. The van der Waals surface area contributed by atoms with Crippen LogP contribution in [0.25, 0.3) is 0 Å². The quantitative estimate of drug-likeness (QED) is 0.922. The summed E-state index contributed by atoms with van der Waals surface area (Å²) in [6.45, 7) is 6.11. The van der Waals surface area contributed by atoms with Crippen molar-refractivity contribution in [2.75, 3.05) is 5.32 Å². The summed E-state index contributed by atoms with van der Waals surface area (Å²) < 4.78 is 5.14. The molecule has 0 radical (unpaired) electrons. The van der Waals surface area contributed by atoms with Gasteiger partial charge in [-0.25, -0.2) is 0 Å². The molecular weight excluding hydrogens is 250 g/mol. The summed E-state index contributed by atoms with van der Waals surface area (Å²) in [4.78, 5) is 4.29. The molecule has 1 heterocycles. The fourth-order valence-electron chi connectivity index (χ4n) is 1.53. The van der Waals surface area contributed by atoms with Crippen molar-refractivity contribution in [1.29, 1.82) is 0 Å².